The second-order valence-corrected chi connectivity index (χ2v) is 7.62. The highest BCUT2D eigenvalue weighted by Crippen LogP contribution is 2.26. The molecule has 0 aliphatic rings. The standard InChI is InChI=1S/C14H24BrNS/c1-5-8-16-13(11(4)10(2)3)9-12-6-7-14(15)17-12/h6-7,10-11,13,16H,5,8-9H2,1-4H3. The lowest BCUT2D eigenvalue weighted by molar-refractivity contribution is 0.298. The van der Waals surface area contributed by atoms with Gasteiger partial charge in [0.1, 0.15) is 0 Å². The normalized spacial score (nSPS) is 15.2. The summed E-state index contributed by atoms with van der Waals surface area (Å²) in [6.45, 7) is 10.3. The van der Waals surface area contributed by atoms with Crippen LogP contribution in [-0.2, 0) is 6.42 Å². The summed E-state index contributed by atoms with van der Waals surface area (Å²) in [4.78, 5) is 1.47. The molecule has 0 aromatic carbocycles. The van der Waals surface area contributed by atoms with Crippen LogP contribution in [0.15, 0.2) is 15.9 Å². The van der Waals surface area contributed by atoms with Gasteiger partial charge in [0, 0.05) is 10.9 Å². The van der Waals surface area contributed by atoms with Crippen molar-refractivity contribution in [2.24, 2.45) is 11.8 Å². The molecule has 0 aliphatic carbocycles. The summed E-state index contributed by atoms with van der Waals surface area (Å²) >= 11 is 5.39. The van der Waals surface area contributed by atoms with Crippen molar-refractivity contribution in [3.63, 3.8) is 0 Å². The Hall–Kier alpha value is 0.140. The Morgan fingerprint density at radius 3 is 2.47 bits per heavy atom. The van der Waals surface area contributed by atoms with Crippen LogP contribution < -0.4 is 5.32 Å². The molecule has 1 nitrogen and oxygen atoms in total. The molecule has 1 aromatic rings. The van der Waals surface area contributed by atoms with Crippen molar-refractivity contribution in [2.45, 2.75) is 46.6 Å². The van der Waals surface area contributed by atoms with Crippen LogP contribution in [0.2, 0.25) is 0 Å². The number of rotatable bonds is 7. The minimum absolute atomic E-state index is 0.598. The molecule has 2 atom stereocenters. The first-order valence-corrected chi connectivity index (χ1v) is 8.13. The third-order valence-electron chi connectivity index (χ3n) is 3.39. The van der Waals surface area contributed by atoms with Crippen LogP contribution in [0.1, 0.15) is 39.0 Å². The summed E-state index contributed by atoms with van der Waals surface area (Å²) in [6, 6.07) is 4.99. The number of halogens is 1. The molecule has 0 bridgehead atoms. The Labute approximate surface area is 118 Å². The van der Waals surface area contributed by atoms with Gasteiger partial charge in [-0.15, -0.1) is 11.3 Å². The first-order chi connectivity index (χ1) is 8.04. The minimum Gasteiger partial charge on any atom is -0.313 e. The maximum Gasteiger partial charge on any atom is 0.0701 e. The van der Waals surface area contributed by atoms with Crippen molar-refractivity contribution in [3.05, 3.63) is 20.8 Å². The van der Waals surface area contributed by atoms with Crippen LogP contribution in [0.4, 0.5) is 0 Å². The number of nitrogens with one attached hydrogen (secondary N) is 1. The van der Waals surface area contributed by atoms with Gasteiger partial charge >= 0.3 is 0 Å². The summed E-state index contributed by atoms with van der Waals surface area (Å²) in [5.74, 6) is 1.44. The van der Waals surface area contributed by atoms with E-state index in [0.29, 0.717) is 12.0 Å². The molecular formula is C14H24BrNS. The average Bonchev–Trinajstić information content (AvgIpc) is 2.69. The van der Waals surface area contributed by atoms with Gasteiger partial charge < -0.3 is 5.32 Å². The zero-order chi connectivity index (χ0) is 12.8. The predicted octanol–water partition coefficient (Wildman–Crippen LogP) is 4.71. The third kappa shape index (κ3) is 5.11. The number of thiophene rings is 1. The van der Waals surface area contributed by atoms with Gasteiger partial charge in [0.15, 0.2) is 0 Å². The highest BCUT2D eigenvalue weighted by molar-refractivity contribution is 9.11. The molecule has 1 aromatic heterocycles. The fourth-order valence-corrected chi connectivity index (χ4v) is 3.46. The molecular weight excluding hydrogens is 294 g/mol. The summed E-state index contributed by atoms with van der Waals surface area (Å²) in [5, 5.41) is 3.70. The van der Waals surface area contributed by atoms with E-state index < -0.39 is 0 Å². The van der Waals surface area contributed by atoms with Gasteiger partial charge in [-0.1, -0.05) is 27.7 Å². The maximum atomic E-state index is 3.70. The van der Waals surface area contributed by atoms with E-state index in [0.717, 1.165) is 18.9 Å². The highest BCUT2D eigenvalue weighted by atomic mass is 79.9. The lowest BCUT2D eigenvalue weighted by Gasteiger charge is -2.27. The fraction of sp³-hybridized carbons (Fsp3) is 0.714. The van der Waals surface area contributed by atoms with Gasteiger partial charge in [0.2, 0.25) is 0 Å². The molecule has 0 spiro atoms. The Kier molecular flexibility index (Phi) is 6.75. The largest absolute Gasteiger partial charge is 0.313 e. The van der Waals surface area contributed by atoms with Crippen molar-refractivity contribution in [1.29, 1.82) is 0 Å². The van der Waals surface area contributed by atoms with Crippen molar-refractivity contribution in [2.75, 3.05) is 6.54 Å². The molecule has 1 rings (SSSR count). The van der Waals surface area contributed by atoms with Crippen LogP contribution in [-0.4, -0.2) is 12.6 Å². The Balaban J connectivity index is 2.62. The monoisotopic (exact) mass is 317 g/mol. The first kappa shape index (κ1) is 15.2. The van der Waals surface area contributed by atoms with Crippen LogP contribution in [0.3, 0.4) is 0 Å². The zero-order valence-electron chi connectivity index (χ0n) is 11.3. The Morgan fingerprint density at radius 1 is 1.29 bits per heavy atom. The lowest BCUT2D eigenvalue weighted by atomic mass is 9.88. The van der Waals surface area contributed by atoms with Crippen LogP contribution in [0.25, 0.3) is 0 Å². The molecule has 0 amide bonds. The van der Waals surface area contributed by atoms with Gasteiger partial charge in [-0.3, -0.25) is 0 Å². The zero-order valence-corrected chi connectivity index (χ0v) is 13.7. The van der Waals surface area contributed by atoms with Crippen LogP contribution >= 0.6 is 27.3 Å². The molecule has 0 saturated carbocycles. The molecule has 0 saturated heterocycles. The molecule has 3 heteroatoms. The smallest absolute Gasteiger partial charge is 0.0701 e. The van der Waals surface area contributed by atoms with Crippen molar-refractivity contribution >= 4 is 27.3 Å². The van der Waals surface area contributed by atoms with Crippen LogP contribution in [0, 0.1) is 11.8 Å². The molecule has 1 heterocycles. The van der Waals surface area contributed by atoms with E-state index in [1.165, 1.54) is 15.1 Å². The molecule has 98 valence electrons. The van der Waals surface area contributed by atoms with E-state index in [4.69, 9.17) is 0 Å². The molecule has 0 radical (unpaired) electrons. The number of hydrogen-bond acceptors (Lipinski definition) is 2. The van der Waals surface area contributed by atoms with Gasteiger partial charge in [-0.2, -0.15) is 0 Å². The van der Waals surface area contributed by atoms with E-state index in [1.807, 2.05) is 11.3 Å². The topological polar surface area (TPSA) is 12.0 Å². The molecule has 17 heavy (non-hydrogen) atoms. The maximum absolute atomic E-state index is 3.70. The van der Waals surface area contributed by atoms with Crippen molar-refractivity contribution in [1.82, 2.24) is 5.32 Å². The third-order valence-corrected chi connectivity index (χ3v) is 5.04. The van der Waals surface area contributed by atoms with Crippen molar-refractivity contribution in [3.8, 4) is 0 Å². The van der Waals surface area contributed by atoms with Gasteiger partial charge in [0.25, 0.3) is 0 Å². The summed E-state index contributed by atoms with van der Waals surface area (Å²) < 4.78 is 1.24. The summed E-state index contributed by atoms with van der Waals surface area (Å²) in [6.07, 6.45) is 2.35. The van der Waals surface area contributed by atoms with Crippen molar-refractivity contribution < 1.29 is 0 Å². The fourth-order valence-electron chi connectivity index (χ4n) is 1.92. The SMILES string of the molecule is CCCNC(Cc1ccc(Br)s1)C(C)C(C)C. The van der Waals surface area contributed by atoms with Crippen LogP contribution in [0.5, 0.6) is 0 Å². The second kappa shape index (κ2) is 7.55. The summed E-state index contributed by atoms with van der Waals surface area (Å²) in [7, 11) is 0. The van der Waals surface area contributed by atoms with E-state index in [2.05, 4.69) is 61.1 Å². The highest BCUT2D eigenvalue weighted by Gasteiger charge is 2.20. The van der Waals surface area contributed by atoms with Gasteiger partial charge in [-0.05, 0) is 59.3 Å². The Bertz CT molecular complexity index is 322. The van der Waals surface area contributed by atoms with Gasteiger partial charge in [0.05, 0.1) is 3.79 Å². The lowest BCUT2D eigenvalue weighted by Crippen LogP contribution is -2.39. The van der Waals surface area contributed by atoms with E-state index in [1.54, 1.807) is 0 Å². The molecule has 0 aliphatic heterocycles. The first-order valence-electron chi connectivity index (χ1n) is 6.52. The number of hydrogen-bond donors (Lipinski definition) is 1. The van der Waals surface area contributed by atoms with E-state index >= 15 is 0 Å². The minimum atomic E-state index is 0.598. The van der Waals surface area contributed by atoms with E-state index in [9.17, 15) is 0 Å². The predicted molar refractivity (Wildman–Crippen MR) is 81.8 cm³/mol. The Morgan fingerprint density at radius 2 is 2.00 bits per heavy atom. The molecule has 0 fully saturated rings. The second-order valence-electron chi connectivity index (χ2n) is 5.07. The van der Waals surface area contributed by atoms with Gasteiger partial charge in [-0.25, -0.2) is 0 Å². The average molecular weight is 318 g/mol. The van der Waals surface area contributed by atoms with E-state index in [-0.39, 0.29) is 0 Å². The molecule has 1 N–H and O–H groups in total. The summed E-state index contributed by atoms with van der Waals surface area (Å²) in [5.41, 5.74) is 0. The molecule has 2 unspecified atom stereocenters. The quantitative estimate of drug-likeness (QED) is 0.767.